The highest BCUT2D eigenvalue weighted by atomic mass is 19.1. The van der Waals surface area contributed by atoms with Gasteiger partial charge in [-0.2, -0.15) is 0 Å². The van der Waals surface area contributed by atoms with Gasteiger partial charge in [0.05, 0.1) is 12.2 Å². The molecule has 0 fully saturated rings. The Morgan fingerprint density at radius 3 is 2.92 bits per heavy atom. The number of carbonyl (C=O) groups is 1. The largest absolute Gasteiger partial charge is 0.364 e. The van der Waals surface area contributed by atoms with Gasteiger partial charge in [0.25, 0.3) is 5.91 Å². The van der Waals surface area contributed by atoms with Crippen LogP contribution in [-0.2, 0) is 13.0 Å². The predicted molar refractivity (Wildman–Crippen MR) is 83.7 cm³/mol. The molecule has 0 bridgehead atoms. The maximum atomic E-state index is 13.0. The van der Waals surface area contributed by atoms with Crippen molar-refractivity contribution in [1.29, 1.82) is 0 Å². The van der Waals surface area contributed by atoms with Gasteiger partial charge in [-0.25, -0.2) is 9.37 Å². The van der Waals surface area contributed by atoms with Crippen LogP contribution in [0.1, 0.15) is 27.4 Å². The second kappa shape index (κ2) is 5.59. The Bertz CT molecular complexity index is 898. The van der Waals surface area contributed by atoms with Crippen molar-refractivity contribution in [3.05, 3.63) is 59.0 Å². The standard InChI is InChI=1S/C17H15FN4O2/c1-10-15(20-16(19-10)11-2-4-13(18)5-3-11)17(23)22-7-6-14-12(8-22)9-24-21-14/h2-5,9H,6-8H2,1H3,(H,19,20). The van der Waals surface area contributed by atoms with Crippen LogP contribution >= 0.6 is 0 Å². The van der Waals surface area contributed by atoms with Crippen LogP contribution in [0.5, 0.6) is 0 Å². The van der Waals surface area contributed by atoms with Crippen LogP contribution < -0.4 is 0 Å². The van der Waals surface area contributed by atoms with Gasteiger partial charge in [-0.05, 0) is 31.2 Å². The summed E-state index contributed by atoms with van der Waals surface area (Å²) in [4.78, 5) is 22.0. The number of benzene rings is 1. The fourth-order valence-corrected chi connectivity index (χ4v) is 2.88. The fourth-order valence-electron chi connectivity index (χ4n) is 2.88. The van der Waals surface area contributed by atoms with Crippen molar-refractivity contribution in [3.63, 3.8) is 0 Å². The van der Waals surface area contributed by atoms with Crippen LogP contribution in [0.3, 0.4) is 0 Å². The average Bonchev–Trinajstić information content (AvgIpc) is 3.20. The Labute approximate surface area is 137 Å². The summed E-state index contributed by atoms with van der Waals surface area (Å²) < 4.78 is 18.0. The van der Waals surface area contributed by atoms with Crippen LogP contribution in [-0.4, -0.2) is 32.5 Å². The minimum absolute atomic E-state index is 0.135. The third-order valence-corrected chi connectivity index (χ3v) is 4.20. The van der Waals surface area contributed by atoms with Crippen molar-refractivity contribution in [2.45, 2.75) is 19.9 Å². The van der Waals surface area contributed by atoms with Crippen molar-refractivity contribution in [3.8, 4) is 11.4 Å². The molecule has 0 unspecified atom stereocenters. The van der Waals surface area contributed by atoms with Crippen LogP contribution in [0.4, 0.5) is 4.39 Å². The van der Waals surface area contributed by atoms with Crippen LogP contribution in [0.2, 0.25) is 0 Å². The summed E-state index contributed by atoms with van der Waals surface area (Å²) >= 11 is 0. The normalized spacial score (nSPS) is 13.8. The van der Waals surface area contributed by atoms with E-state index in [9.17, 15) is 9.18 Å². The highest BCUT2D eigenvalue weighted by Gasteiger charge is 2.27. The quantitative estimate of drug-likeness (QED) is 0.786. The van der Waals surface area contributed by atoms with E-state index in [4.69, 9.17) is 4.52 Å². The summed E-state index contributed by atoms with van der Waals surface area (Å²) in [6, 6.07) is 6.00. The van der Waals surface area contributed by atoms with Gasteiger partial charge < -0.3 is 14.4 Å². The molecular formula is C17H15FN4O2. The van der Waals surface area contributed by atoms with Crippen molar-refractivity contribution in [1.82, 2.24) is 20.0 Å². The average molecular weight is 326 g/mol. The number of nitrogens with zero attached hydrogens (tertiary/aromatic N) is 3. The molecule has 0 saturated heterocycles. The van der Waals surface area contributed by atoms with Crippen molar-refractivity contribution < 1.29 is 13.7 Å². The number of aromatic nitrogens is 3. The number of aryl methyl sites for hydroxylation is 1. The van der Waals surface area contributed by atoms with Crippen LogP contribution in [0.15, 0.2) is 35.1 Å². The Kier molecular flexibility index (Phi) is 3.41. The van der Waals surface area contributed by atoms with E-state index in [2.05, 4.69) is 15.1 Å². The molecule has 1 N–H and O–H groups in total. The summed E-state index contributed by atoms with van der Waals surface area (Å²) in [7, 11) is 0. The van der Waals surface area contributed by atoms with Gasteiger partial charge in [-0.1, -0.05) is 5.16 Å². The summed E-state index contributed by atoms with van der Waals surface area (Å²) in [6.45, 7) is 2.86. The van der Waals surface area contributed by atoms with E-state index in [1.165, 1.54) is 12.1 Å². The molecule has 2 aromatic heterocycles. The number of amides is 1. The van der Waals surface area contributed by atoms with Crippen LogP contribution in [0.25, 0.3) is 11.4 Å². The second-order valence-corrected chi connectivity index (χ2v) is 5.83. The topological polar surface area (TPSA) is 75.0 Å². The number of rotatable bonds is 2. The molecule has 0 radical (unpaired) electrons. The van der Waals surface area contributed by atoms with Gasteiger partial charge in [0.2, 0.25) is 0 Å². The van der Waals surface area contributed by atoms with E-state index in [0.29, 0.717) is 36.7 Å². The number of hydrogen-bond donors (Lipinski definition) is 1. The lowest BCUT2D eigenvalue weighted by Crippen LogP contribution is -2.36. The van der Waals surface area contributed by atoms with Crippen molar-refractivity contribution >= 4 is 5.91 Å². The van der Waals surface area contributed by atoms with E-state index in [1.807, 2.05) is 6.92 Å². The first-order chi connectivity index (χ1) is 11.6. The molecule has 1 aliphatic heterocycles. The van der Waals surface area contributed by atoms with Crippen LogP contribution in [0, 0.1) is 12.7 Å². The van der Waals surface area contributed by atoms with E-state index < -0.39 is 0 Å². The van der Waals surface area contributed by atoms with E-state index in [0.717, 1.165) is 16.8 Å². The smallest absolute Gasteiger partial charge is 0.274 e. The number of halogens is 1. The van der Waals surface area contributed by atoms with Gasteiger partial charge >= 0.3 is 0 Å². The summed E-state index contributed by atoms with van der Waals surface area (Å²) in [6.07, 6.45) is 2.25. The fraction of sp³-hybridized carbons (Fsp3) is 0.235. The molecule has 7 heteroatoms. The molecule has 0 saturated carbocycles. The zero-order valence-electron chi connectivity index (χ0n) is 13.0. The minimum Gasteiger partial charge on any atom is -0.364 e. The van der Waals surface area contributed by atoms with E-state index in [1.54, 1.807) is 23.3 Å². The lowest BCUT2D eigenvalue weighted by Gasteiger charge is -2.25. The van der Waals surface area contributed by atoms with E-state index >= 15 is 0 Å². The maximum Gasteiger partial charge on any atom is 0.274 e. The molecule has 4 rings (SSSR count). The van der Waals surface area contributed by atoms with Gasteiger partial charge in [-0.3, -0.25) is 4.79 Å². The second-order valence-electron chi connectivity index (χ2n) is 5.83. The zero-order valence-corrected chi connectivity index (χ0v) is 13.0. The molecular weight excluding hydrogens is 311 g/mol. The molecule has 6 nitrogen and oxygen atoms in total. The molecule has 0 spiro atoms. The van der Waals surface area contributed by atoms with Crippen molar-refractivity contribution in [2.75, 3.05) is 6.54 Å². The first-order valence-corrected chi connectivity index (χ1v) is 7.66. The molecule has 0 aliphatic carbocycles. The first kappa shape index (κ1) is 14.6. The van der Waals surface area contributed by atoms with Gasteiger partial charge in [0.1, 0.15) is 23.6 Å². The Balaban J connectivity index is 1.60. The lowest BCUT2D eigenvalue weighted by atomic mass is 10.1. The summed E-state index contributed by atoms with van der Waals surface area (Å²) in [5, 5.41) is 3.93. The summed E-state index contributed by atoms with van der Waals surface area (Å²) in [5.41, 5.74) is 3.65. The molecule has 122 valence electrons. The highest BCUT2D eigenvalue weighted by Crippen LogP contribution is 2.22. The highest BCUT2D eigenvalue weighted by molar-refractivity contribution is 5.94. The summed E-state index contributed by atoms with van der Waals surface area (Å²) in [5.74, 6) is 0.110. The molecule has 24 heavy (non-hydrogen) atoms. The van der Waals surface area contributed by atoms with Gasteiger partial charge in [0.15, 0.2) is 0 Å². The first-order valence-electron chi connectivity index (χ1n) is 7.66. The third kappa shape index (κ3) is 2.47. The number of fused-ring (bicyclic) bond motifs is 1. The Morgan fingerprint density at radius 2 is 2.12 bits per heavy atom. The monoisotopic (exact) mass is 326 g/mol. The zero-order chi connectivity index (χ0) is 16.7. The number of carbonyl (C=O) groups excluding carboxylic acids is 1. The molecule has 3 aromatic rings. The third-order valence-electron chi connectivity index (χ3n) is 4.20. The SMILES string of the molecule is Cc1[nH]c(-c2ccc(F)cc2)nc1C(=O)N1CCc2nocc2C1. The number of nitrogens with one attached hydrogen (secondary N) is 1. The molecule has 3 heterocycles. The minimum atomic E-state index is -0.309. The number of H-pyrrole nitrogens is 1. The van der Waals surface area contributed by atoms with Gasteiger partial charge in [-0.15, -0.1) is 0 Å². The molecule has 1 aromatic carbocycles. The van der Waals surface area contributed by atoms with E-state index in [-0.39, 0.29) is 11.7 Å². The Morgan fingerprint density at radius 1 is 1.33 bits per heavy atom. The lowest BCUT2D eigenvalue weighted by molar-refractivity contribution is 0.0728. The predicted octanol–water partition coefficient (Wildman–Crippen LogP) is 2.71. The van der Waals surface area contributed by atoms with Gasteiger partial charge in [0, 0.05) is 29.8 Å². The number of aromatic amines is 1. The molecule has 1 amide bonds. The molecule has 0 atom stereocenters. The number of hydrogen-bond acceptors (Lipinski definition) is 4. The maximum absolute atomic E-state index is 13.0. The van der Waals surface area contributed by atoms with Crippen molar-refractivity contribution in [2.24, 2.45) is 0 Å². The number of imidazole rings is 1. The Hall–Kier alpha value is -2.96. The molecule has 1 aliphatic rings.